The van der Waals surface area contributed by atoms with Crippen LogP contribution in [0.2, 0.25) is 5.02 Å². The van der Waals surface area contributed by atoms with Crippen molar-refractivity contribution in [1.82, 2.24) is 4.98 Å². The maximum Gasteiger partial charge on any atom is 0.260 e. The molecular weight excluding hydrogens is 414 g/mol. The third-order valence-electron chi connectivity index (χ3n) is 5.03. The Morgan fingerprint density at radius 3 is 2.37 bits per heavy atom. The van der Waals surface area contributed by atoms with E-state index in [0.717, 1.165) is 27.0 Å². The van der Waals surface area contributed by atoms with Crippen molar-refractivity contribution in [2.45, 2.75) is 13.5 Å². The second-order valence-corrected chi connectivity index (χ2v) is 8.75. The summed E-state index contributed by atoms with van der Waals surface area (Å²) in [7, 11) is 3.96. The van der Waals surface area contributed by atoms with E-state index in [-0.39, 0.29) is 5.91 Å². The van der Waals surface area contributed by atoms with Gasteiger partial charge >= 0.3 is 0 Å². The molecule has 4 nitrogen and oxygen atoms in total. The van der Waals surface area contributed by atoms with Gasteiger partial charge in [-0.05, 0) is 54.4 Å². The summed E-state index contributed by atoms with van der Waals surface area (Å²) in [6.07, 6.45) is 0. The van der Waals surface area contributed by atoms with Gasteiger partial charge in [-0.1, -0.05) is 53.3 Å². The first-order chi connectivity index (χ1) is 14.4. The minimum atomic E-state index is -0.0769. The number of carbonyl (C=O) groups excluding carboxylic acids is 1. The summed E-state index contributed by atoms with van der Waals surface area (Å²) in [6, 6.07) is 21.4. The lowest BCUT2D eigenvalue weighted by Crippen LogP contribution is -2.30. The van der Waals surface area contributed by atoms with Gasteiger partial charge in [-0.25, -0.2) is 4.98 Å². The van der Waals surface area contributed by atoms with E-state index in [9.17, 15) is 4.79 Å². The van der Waals surface area contributed by atoms with E-state index in [1.54, 1.807) is 4.90 Å². The molecule has 152 valence electrons. The molecule has 0 saturated carbocycles. The first-order valence-corrected chi connectivity index (χ1v) is 10.8. The van der Waals surface area contributed by atoms with Crippen molar-refractivity contribution in [3.05, 3.63) is 88.4 Å². The van der Waals surface area contributed by atoms with Gasteiger partial charge in [-0.3, -0.25) is 9.69 Å². The number of nitrogens with zero attached hydrogens (tertiary/aromatic N) is 3. The van der Waals surface area contributed by atoms with Crippen molar-refractivity contribution in [3.63, 3.8) is 0 Å². The van der Waals surface area contributed by atoms with E-state index in [1.807, 2.05) is 92.6 Å². The van der Waals surface area contributed by atoms with Crippen LogP contribution in [0.5, 0.6) is 0 Å². The van der Waals surface area contributed by atoms with Gasteiger partial charge in [-0.2, -0.15) is 0 Å². The Morgan fingerprint density at radius 2 is 1.70 bits per heavy atom. The van der Waals surface area contributed by atoms with E-state index in [4.69, 9.17) is 16.6 Å². The zero-order chi connectivity index (χ0) is 21.3. The molecule has 0 aliphatic heterocycles. The quantitative estimate of drug-likeness (QED) is 0.376. The molecule has 4 aromatic rings. The fourth-order valence-corrected chi connectivity index (χ4v) is 4.43. The Morgan fingerprint density at radius 1 is 1.00 bits per heavy atom. The number of anilines is 2. The van der Waals surface area contributed by atoms with Gasteiger partial charge in [0.15, 0.2) is 5.13 Å². The molecule has 0 unspecified atom stereocenters. The highest BCUT2D eigenvalue weighted by molar-refractivity contribution is 7.22. The SMILES string of the molecule is Cc1c(Cl)ccc2sc(N(Cc3ccccc3)C(=O)c3ccc(N(C)C)cc3)nc12. The van der Waals surface area contributed by atoms with Gasteiger partial charge in [0, 0.05) is 30.4 Å². The third-order valence-corrected chi connectivity index (χ3v) is 6.48. The van der Waals surface area contributed by atoms with Gasteiger partial charge in [0.2, 0.25) is 0 Å². The average Bonchev–Trinajstić information content (AvgIpc) is 3.20. The van der Waals surface area contributed by atoms with Gasteiger partial charge in [0.05, 0.1) is 16.8 Å². The molecule has 0 spiro atoms. The number of aromatic nitrogens is 1. The normalized spacial score (nSPS) is 10.9. The number of halogens is 1. The molecule has 30 heavy (non-hydrogen) atoms. The molecule has 1 heterocycles. The van der Waals surface area contributed by atoms with Crippen LogP contribution in [0, 0.1) is 6.92 Å². The van der Waals surface area contributed by atoms with Gasteiger partial charge in [0.1, 0.15) is 0 Å². The number of amides is 1. The fraction of sp³-hybridized carbons (Fsp3) is 0.167. The largest absolute Gasteiger partial charge is 0.378 e. The number of aryl methyl sites for hydroxylation is 1. The number of rotatable bonds is 5. The maximum absolute atomic E-state index is 13.5. The number of thiazole rings is 1. The van der Waals surface area contributed by atoms with Crippen LogP contribution in [-0.2, 0) is 6.54 Å². The summed E-state index contributed by atoms with van der Waals surface area (Å²) in [6.45, 7) is 2.40. The molecule has 3 aromatic carbocycles. The van der Waals surface area contributed by atoms with Crippen molar-refractivity contribution in [3.8, 4) is 0 Å². The molecule has 1 amide bonds. The lowest BCUT2D eigenvalue weighted by atomic mass is 10.1. The maximum atomic E-state index is 13.5. The molecule has 0 atom stereocenters. The smallest absolute Gasteiger partial charge is 0.260 e. The van der Waals surface area contributed by atoms with E-state index < -0.39 is 0 Å². The third kappa shape index (κ3) is 4.04. The highest BCUT2D eigenvalue weighted by atomic mass is 35.5. The Balaban J connectivity index is 1.76. The fourth-order valence-electron chi connectivity index (χ4n) is 3.25. The van der Waals surface area contributed by atoms with Crippen LogP contribution in [0.15, 0.2) is 66.7 Å². The van der Waals surface area contributed by atoms with Crippen LogP contribution in [0.4, 0.5) is 10.8 Å². The second kappa shape index (κ2) is 8.46. The summed E-state index contributed by atoms with van der Waals surface area (Å²) in [5.74, 6) is -0.0769. The zero-order valence-corrected chi connectivity index (χ0v) is 18.7. The van der Waals surface area contributed by atoms with Gasteiger partial charge in [-0.15, -0.1) is 0 Å². The van der Waals surface area contributed by atoms with Crippen LogP contribution in [0.25, 0.3) is 10.2 Å². The van der Waals surface area contributed by atoms with Crippen LogP contribution in [0.3, 0.4) is 0 Å². The molecule has 0 saturated heterocycles. The summed E-state index contributed by atoms with van der Waals surface area (Å²) in [5.41, 5.74) is 4.50. The van der Waals surface area contributed by atoms with Crippen LogP contribution >= 0.6 is 22.9 Å². The number of benzene rings is 3. The second-order valence-electron chi connectivity index (χ2n) is 7.33. The minimum absolute atomic E-state index is 0.0769. The molecule has 4 rings (SSSR count). The molecule has 0 fully saturated rings. The Bertz CT molecular complexity index is 1190. The molecule has 0 bridgehead atoms. The van der Waals surface area contributed by atoms with Crippen LogP contribution in [0.1, 0.15) is 21.5 Å². The Labute approximate surface area is 185 Å². The molecule has 0 N–H and O–H groups in total. The Hall–Kier alpha value is -2.89. The van der Waals surface area contributed by atoms with E-state index in [1.165, 1.54) is 11.3 Å². The van der Waals surface area contributed by atoms with Crippen LogP contribution in [-0.4, -0.2) is 25.0 Å². The highest BCUT2D eigenvalue weighted by Crippen LogP contribution is 2.34. The summed E-state index contributed by atoms with van der Waals surface area (Å²) < 4.78 is 1.01. The zero-order valence-electron chi connectivity index (χ0n) is 17.1. The molecule has 0 radical (unpaired) electrons. The first kappa shape index (κ1) is 20.4. The van der Waals surface area contributed by atoms with Crippen molar-refractivity contribution in [1.29, 1.82) is 0 Å². The Kier molecular flexibility index (Phi) is 5.75. The molecular formula is C24H22ClN3OS. The van der Waals surface area contributed by atoms with Crippen molar-refractivity contribution in [2.75, 3.05) is 23.9 Å². The lowest BCUT2D eigenvalue weighted by Gasteiger charge is -2.21. The topological polar surface area (TPSA) is 36.4 Å². The lowest BCUT2D eigenvalue weighted by molar-refractivity contribution is 0.0985. The summed E-state index contributed by atoms with van der Waals surface area (Å²) >= 11 is 7.79. The summed E-state index contributed by atoms with van der Waals surface area (Å²) in [5, 5.41) is 1.35. The molecule has 1 aromatic heterocycles. The predicted octanol–water partition coefficient (Wildman–Crippen LogP) is 6.17. The van der Waals surface area contributed by atoms with E-state index in [0.29, 0.717) is 22.3 Å². The van der Waals surface area contributed by atoms with Crippen molar-refractivity contribution in [2.24, 2.45) is 0 Å². The number of carbonyl (C=O) groups is 1. The van der Waals surface area contributed by atoms with E-state index >= 15 is 0 Å². The van der Waals surface area contributed by atoms with Crippen LogP contribution < -0.4 is 9.80 Å². The molecule has 0 aliphatic rings. The van der Waals surface area contributed by atoms with Crippen molar-refractivity contribution >= 4 is 49.9 Å². The standard InChI is InChI=1S/C24H22ClN3OS/c1-16-20(25)13-14-21-22(16)26-24(30-21)28(15-17-7-5-4-6-8-17)23(29)18-9-11-19(12-10-18)27(2)3/h4-14H,15H2,1-3H3. The predicted molar refractivity (Wildman–Crippen MR) is 127 cm³/mol. The summed E-state index contributed by atoms with van der Waals surface area (Å²) in [4.78, 5) is 22.1. The molecule has 0 aliphatic carbocycles. The molecule has 6 heteroatoms. The highest BCUT2D eigenvalue weighted by Gasteiger charge is 2.22. The van der Waals surface area contributed by atoms with Gasteiger partial charge in [0.25, 0.3) is 5.91 Å². The number of hydrogen-bond donors (Lipinski definition) is 0. The average molecular weight is 436 g/mol. The van der Waals surface area contributed by atoms with Crippen molar-refractivity contribution < 1.29 is 4.79 Å². The van der Waals surface area contributed by atoms with Gasteiger partial charge < -0.3 is 4.90 Å². The monoisotopic (exact) mass is 435 g/mol. The van der Waals surface area contributed by atoms with E-state index in [2.05, 4.69) is 0 Å². The number of fused-ring (bicyclic) bond motifs is 1. The first-order valence-electron chi connectivity index (χ1n) is 9.63. The number of hydrogen-bond acceptors (Lipinski definition) is 4. The minimum Gasteiger partial charge on any atom is -0.378 e.